The van der Waals surface area contributed by atoms with Gasteiger partial charge in [0.2, 0.25) is 0 Å². The summed E-state index contributed by atoms with van der Waals surface area (Å²) in [6.07, 6.45) is 0.151. The summed E-state index contributed by atoms with van der Waals surface area (Å²) in [5.41, 5.74) is 6.11. The first kappa shape index (κ1) is 15.7. The smallest absolute Gasteiger partial charge is 0.320 e. The van der Waals surface area contributed by atoms with Gasteiger partial charge in [-0.25, -0.2) is 8.78 Å². The van der Waals surface area contributed by atoms with Crippen molar-refractivity contribution >= 4 is 5.97 Å². The van der Waals surface area contributed by atoms with Gasteiger partial charge in [-0.2, -0.15) is 0 Å². The number of nitrogens with two attached hydrogens (primary N) is 1. The Kier molecular flexibility index (Phi) is 4.57. The molecule has 22 heavy (non-hydrogen) atoms. The molecule has 2 aromatic rings. The van der Waals surface area contributed by atoms with Crippen molar-refractivity contribution in [3.63, 3.8) is 0 Å². The van der Waals surface area contributed by atoms with Crippen molar-refractivity contribution in [1.29, 1.82) is 0 Å². The van der Waals surface area contributed by atoms with E-state index >= 15 is 0 Å². The van der Waals surface area contributed by atoms with Crippen LogP contribution in [0.5, 0.6) is 17.2 Å². The first-order valence-corrected chi connectivity index (χ1v) is 6.30. The number of hydrogen-bond acceptors (Lipinski definition) is 4. The van der Waals surface area contributed by atoms with E-state index in [1.807, 2.05) is 0 Å². The molecule has 5 nitrogen and oxygen atoms in total. The lowest BCUT2D eigenvalue weighted by Crippen LogP contribution is -2.32. The number of aliphatic carboxylic acids is 1. The Morgan fingerprint density at radius 1 is 1.14 bits per heavy atom. The molecule has 2 rings (SSSR count). The molecule has 1 unspecified atom stereocenters. The topological polar surface area (TPSA) is 92.8 Å². The minimum atomic E-state index is -1.13. The molecule has 7 heteroatoms. The fourth-order valence-electron chi connectivity index (χ4n) is 1.77. The van der Waals surface area contributed by atoms with Gasteiger partial charge in [0, 0.05) is 12.1 Å². The number of phenols is 1. The molecule has 0 bridgehead atoms. The summed E-state index contributed by atoms with van der Waals surface area (Å²) in [5.74, 6) is -4.22. The van der Waals surface area contributed by atoms with E-state index in [0.717, 1.165) is 12.1 Å². The number of hydrogen-bond donors (Lipinski definition) is 3. The second kappa shape index (κ2) is 6.40. The molecule has 0 spiro atoms. The molecule has 0 saturated carbocycles. The minimum absolute atomic E-state index is 0.109. The maximum absolute atomic E-state index is 13.2. The number of phenolic OH excluding ortho intramolecular Hbond substituents is 1. The number of carbonyl (C=O) groups is 1. The molecule has 4 N–H and O–H groups in total. The van der Waals surface area contributed by atoms with Crippen molar-refractivity contribution in [1.82, 2.24) is 0 Å². The van der Waals surface area contributed by atoms with E-state index in [0.29, 0.717) is 11.3 Å². The molecule has 0 heterocycles. The summed E-state index contributed by atoms with van der Waals surface area (Å²) >= 11 is 0. The maximum atomic E-state index is 13.2. The first-order chi connectivity index (χ1) is 10.4. The average molecular weight is 309 g/mol. The predicted octanol–water partition coefficient (Wildman–Crippen LogP) is 2.42. The number of rotatable bonds is 5. The van der Waals surface area contributed by atoms with Gasteiger partial charge in [-0.3, -0.25) is 4.79 Å². The Morgan fingerprint density at radius 2 is 1.68 bits per heavy atom. The van der Waals surface area contributed by atoms with Gasteiger partial charge < -0.3 is 20.7 Å². The molecule has 0 radical (unpaired) electrons. The van der Waals surface area contributed by atoms with Crippen molar-refractivity contribution in [2.75, 3.05) is 0 Å². The SMILES string of the molecule is NC(Cc1ccc(Oc2cc(F)c(O)c(F)c2)cc1)C(=O)O. The Labute approximate surface area is 124 Å². The summed E-state index contributed by atoms with van der Waals surface area (Å²) in [6.45, 7) is 0. The van der Waals surface area contributed by atoms with Crippen molar-refractivity contribution in [2.24, 2.45) is 5.73 Å². The largest absolute Gasteiger partial charge is 0.503 e. The third-order valence-corrected chi connectivity index (χ3v) is 2.92. The van der Waals surface area contributed by atoms with Crippen LogP contribution in [0.4, 0.5) is 8.78 Å². The van der Waals surface area contributed by atoms with Gasteiger partial charge in [-0.1, -0.05) is 12.1 Å². The Hall–Kier alpha value is -2.67. The Bertz CT molecular complexity index is 665. The van der Waals surface area contributed by atoms with Crippen molar-refractivity contribution in [3.8, 4) is 17.2 Å². The van der Waals surface area contributed by atoms with Gasteiger partial charge in [-0.15, -0.1) is 0 Å². The fraction of sp³-hybridized carbons (Fsp3) is 0.133. The molecule has 116 valence electrons. The van der Waals surface area contributed by atoms with Crippen LogP contribution >= 0.6 is 0 Å². The van der Waals surface area contributed by atoms with E-state index in [1.165, 1.54) is 12.1 Å². The summed E-state index contributed by atoms with van der Waals surface area (Å²) in [7, 11) is 0. The number of benzene rings is 2. The highest BCUT2D eigenvalue weighted by Crippen LogP contribution is 2.29. The monoisotopic (exact) mass is 309 g/mol. The number of carboxylic acids is 1. The average Bonchev–Trinajstić information content (AvgIpc) is 2.46. The molecule has 2 aromatic carbocycles. The zero-order chi connectivity index (χ0) is 16.3. The number of aromatic hydroxyl groups is 1. The lowest BCUT2D eigenvalue weighted by Gasteiger charge is -2.09. The van der Waals surface area contributed by atoms with Crippen molar-refractivity contribution in [3.05, 3.63) is 53.6 Å². The maximum Gasteiger partial charge on any atom is 0.320 e. The second-order valence-corrected chi connectivity index (χ2v) is 4.63. The normalized spacial score (nSPS) is 12.0. The molecule has 0 amide bonds. The first-order valence-electron chi connectivity index (χ1n) is 6.30. The number of halogens is 2. The molecule has 0 aliphatic heterocycles. The lowest BCUT2D eigenvalue weighted by atomic mass is 10.1. The molecule has 0 aliphatic rings. The fourth-order valence-corrected chi connectivity index (χ4v) is 1.77. The van der Waals surface area contributed by atoms with Gasteiger partial charge in [0.15, 0.2) is 17.4 Å². The Balaban J connectivity index is 2.10. The molecule has 1 atom stereocenters. The summed E-state index contributed by atoms with van der Waals surface area (Å²) < 4.78 is 31.6. The van der Waals surface area contributed by atoms with Gasteiger partial charge in [0.05, 0.1) is 0 Å². The zero-order valence-electron chi connectivity index (χ0n) is 11.3. The van der Waals surface area contributed by atoms with E-state index < -0.39 is 29.4 Å². The van der Waals surface area contributed by atoms with E-state index in [1.54, 1.807) is 12.1 Å². The van der Waals surface area contributed by atoms with Gasteiger partial charge in [0.1, 0.15) is 17.5 Å². The van der Waals surface area contributed by atoms with Crippen LogP contribution in [-0.2, 0) is 11.2 Å². The number of carboxylic acid groups (broad SMARTS) is 1. The van der Waals surface area contributed by atoms with Crippen LogP contribution in [0.2, 0.25) is 0 Å². The van der Waals surface area contributed by atoms with Gasteiger partial charge in [0.25, 0.3) is 0 Å². The highest BCUT2D eigenvalue weighted by atomic mass is 19.1. The van der Waals surface area contributed by atoms with Gasteiger partial charge >= 0.3 is 5.97 Å². The molecule has 0 aliphatic carbocycles. The minimum Gasteiger partial charge on any atom is -0.503 e. The quantitative estimate of drug-likeness (QED) is 0.788. The third kappa shape index (κ3) is 3.70. The molecule has 0 saturated heterocycles. The van der Waals surface area contributed by atoms with Crippen LogP contribution < -0.4 is 10.5 Å². The number of ether oxygens (including phenoxy) is 1. The Morgan fingerprint density at radius 3 is 2.18 bits per heavy atom. The van der Waals surface area contributed by atoms with E-state index in [4.69, 9.17) is 20.7 Å². The van der Waals surface area contributed by atoms with E-state index in [-0.39, 0.29) is 12.2 Å². The summed E-state index contributed by atoms with van der Waals surface area (Å²) in [5, 5.41) is 17.7. The standard InChI is InChI=1S/C15H13F2NO4/c16-11-6-10(7-12(17)14(11)19)22-9-3-1-8(2-4-9)5-13(18)15(20)21/h1-4,6-7,13,19H,5,18H2,(H,20,21). The highest BCUT2D eigenvalue weighted by Gasteiger charge is 2.13. The van der Waals surface area contributed by atoms with Crippen LogP contribution in [0.3, 0.4) is 0 Å². The van der Waals surface area contributed by atoms with Crippen molar-refractivity contribution in [2.45, 2.75) is 12.5 Å². The van der Waals surface area contributed by atoms with Crippen LogP contribution in [0.1, 0.15) is 5.56 Å². The molecular formula is C15H13F2NO4. The van der Waals surface area contributed by atoms with Crippen LogP contribution in [0, 0.1) is 11.6 Å². The zero-order valence-corrected chi connectivity index (χ0v) is 11.3. The van der Waals surface area contributed by atoms with Gasteiger partial charge in [-0.05, 0) is 24.1 Å². The molecular weight excluding hydrogens is 296 g/mol. The lowest BCUT2D eigenvalue weighted by molar-refractivity contribution is -0.138. The molecule has 0 aromatic heterocycles. The van der Waals surface area contributed by atoms with E-state index in [9.17, 15) is 13.6 Å². The van der Waals surface area contributed by atoms with Crippen LogP contribution in [-0.4, -0.2) is 22.2 Å². The van der Waals surface area contributed by atoms with E-state index in [2.05, 4.69) is 0 Å². The second-order valence-electron chi connectivity index (χ2n) is 4.63. The van der Waals surface area contributed by atoms with Crippen LogP contribution in [0.15, 0.2) is 36.4 Å². The predicted molar refractivity (Wildman–Crippen MR) is 73.9 cm³/mol. The highest BCUT2D eigenvalue weighted by molar-refractivity contribution is 5.73. The molecule has 0 fully saturated rings. The third-order valence-electron chi connectivity index (χ3n) is 2.92. The van der Waals surface area contributed by atoms with Crippen LogP contribution in [0.25, 0.3) is 0 Å². The summed E-state index contributed by atoms with van der Waals surface area (Å²) in [4.78, 5) is 10.7. The summed E-state index contributed by atoms with van der Waals surface area (Å²) in [6, 6.07) is 6.95. The van der Waals surface area contributed by atoms with Crippen molar-refractivity contribution < 1.29 is 28.5 Å².